The summed E-state index contributed by atoms with van der Waals surface area (Å²) in [5.74, 6) is -1.05. The zero-order valence-corrected chi connectivity index (χ0v) is 18.3. The summed E-state index contributed by atoms with van der Waals surface area (Å²) in [6.45, 7) is 1.86. The van der Waals surface area contributed by atoms with Gasteiger partial charge in [0.25, 0.3) is 15.9 Å². The number of nitrogens with zero attached hydrogens (tertiary/aromatic N) is 1. The first-order valence-corrected chi connectivity index (χ1v) is 11.1. The van der Waals surface area contributed by atoms with Gasteiger partial charge in [0, 0.05) is 37.5 Å². The van der Waals surface area contributed by atoms with Crippen LogP contribution in [0.5, 0.6) is 0 Å². The molecule has 7 nitrogen and oxygen atoms in total. The van der Waals surface area contributed by atoms with Gasteiger partial charge >= 0.3 is 0 Å². The van der Waals surface area contributed by atoms with Crippen molar-refractivity contribution < 1.29 is 22.4 Å². The molecule has 9 heteroatoms. The van der Waals surface area contributed by atoms with Crippen molar-refractivity contribution in [3.05, 3.63) is 89.7 Å². The maximum atomic E-state index is 13.0. The van der Waals surface area contributed by atoms with E-state index in [1.807, 2.05) is 6.07 Å². The molecule has 0 saturated carbocycles. The minimum absolute atomic E-state index is 0.0771. The summed E-state index contributed by atoms with van der Waals surface area (Å²) < 4.78 is 40.7. The molecule has 2 amide bonds. The third-order valence-electron chi connectivity index (χ3n) is 4.65. The fourth-order valence-electron chi connectivity index (χ4n) is 2.87. The van der Waals surface area contributed by atoms with E-state index in [2.05, 4.69) is 10.0 Å². The molecule has 0 bridgehead atoms. The van der Waals surface area contributed by atoms with Crippen molar-refractivity contribution in [2.75, 3.05) is 17.1 Å². The number of amides is 2. The standard InChI is InChI=1S/C23H22FN3O4S/c1-16(28)27(2)15-17-5-3-7-21(13-17)25-23(29)18-6-4-8-22(14-18)32(30,31)26-20-11-9-19(24)10-12-20/h3-14,26H,15H2,1-2H3,(H,25,29). The lowest BCUT2D eigenvalue weighted by Crippen LogP contribution is -2.23. The average molecular weight is 456 g/mol. The molecule has 0 aliphatic carbocycles. The van der Waals surface area contributed by atoms with E-state index in [9.17, 15) is 22.4 Å². The summed E-state index contributed by atoms with van der Waals surface area (Å²) in [7, 11) is -2.29. The number of carbonyl (C=O) groups is 2. The van der Waals surface area contributed by atoms with Gasteiger partial charge in [0.2, 0.25) is 5.91 Å². The van der Waals surface area contributed by atoms with Crippen LogP contribution in [-0.2, 0) is 21.4 Å². The van der Waals surface area contributed by atoms with E-state index in [0.717, 1.165) is 17.7 Å². The molecule has 32 heavy (non-hydrogen) atoms. The van der Waals surface area contributed by atoms with Gasteiger partial charge in [-0.1, -0.05) is 18.2 Å². The minimum Gasteiger partial charge on any atom is -0.342 e. The first-order valence-electron chi connectivity index (χ1n) is 9.64. The number of hydrogen-bond acceptors (Lipinski definition) is 4. The molecule has 0 unspecified atom stereocenters. The van der Waals surface area contributed by atoms with Crippen molar-refractivity contribution in [3.8, 4) is 0 Å². The molecule has 0 aliphatic rings. The van der Waals surface area contributed by atoms with E-state index in [1.165, 1.54) is 43.3 Å². The van der Waals surface area contributed by atoms with Gasteiger partial charge in [0.15, 0.2) is 0 Å². The number of sulfonamides is 1. The molecule has 0 atom stereocenters. The molecule has 0 saturated heterocycles. The van der Waals surface area contributed by atoms with Crippen LogP contribution in [0.1, 0.15) is 22.8 Å². The summed E-state index contributed by atoms with van der Waals surface area (Å²) in [6, 6.07) is 17.5. The molecular weight excluding hydrogens is 433 g/mol. The van der Waals surface area contributed by atoms with E-state index in [1.54, 1.807) is 30.1 Å². The maximum Gasteiger partial charge on any atom is 0.261 e. The van der Waals surface area contributed by atoms with Crippen molar-refractivity contribution in [1.29, 1.82) is 0 Å². The quantitative estimate of drug-likeness (QED) is 0.566. The second-order valence-corrected chi connectivity index (χ2v) is 8.85. The highest BCUT2D eigenvalue weighted by molar-refractivity contribution is 7.92. The summed E-state index contributed by atoms with van der Waals surface area (Å²) in [5.41, 5.74) is 1.70. The number of hydrogen-bond donors (Lipinski definition) is 2. The summed E-state index contributed by atoms with van der Waals surface area (Å²) in [4.78, 5) is 25.6. The Kier molecular flexibility index (Phi) is 6.89. The number of anilines is 2. The van der Waals surface area contributed by atoms with Crippen molar-refractivity contribution >= 4 is 33.2 Å². The highest BCUT2D eigenvalue weighted by Crippen LogP contribution is 2.19. The van der Waals surface area contributed by atoms with Crippen molar-refractivity contribution in [2.45, 2.75) is 18.4 Å². The fraction of sp³-hybridized carbons (Fsp3) is 0.130. The van der Waals surface area contributed by atoms with Crippen LogP contribution >= 0.6 is 0 Å². The second-order valence-electron chi connectivity index (χ2n) is 7.17. The minimum atomic E-state index is -3.97. The van der Waals surface area contributed by atoms with Crippen LogP contribution in [0, 0.1) is 5.82 Å². The molecule has 3 aromatic carbocycles. The lowest BCUT2D eigenvalue weighted by Gasteiger charge is -2.15. The molecule has 0 fully saturated rings. The van der Waals surface area contributed by atoms with Gasteiger partial charge in [-0.05, 0) is 60.2 Å². The predicted molar refractivity (Wildman–Crippen MR) is 120 cm³/mol. The van der Waals surface area contributed by atoms with E-state index in [4.69, 9.17) is 0 Å². The molecule has 166 valence electrons. The first kappa shape index (κ1) is 23.0. The van der Waals surface area contributed by atoms with Gasteiger partial charge in [0.1, 0.15) is 5.82 Å². The monoisotopic (exact) mass is 455 g/mol. The number of carbonyl (C=O) groups excluding carboxylic acids is 2. The van der Waals surface area contributed by atoms with Crippen molar-refractivity contribution in [2.24, 2.45) is 0 Å². The summed E-state index contributed by atoms with van der Waals surface area (Å²) in [6.07, 6.45) is 0. The third-order valence-corrected chi connectivity index (χ3v) is 6.02. The Bertz CT molecular complexity index is 1240. The van der Waals surface area contributed by atoms with Gasteiger partial charge in [-0.15, -0.1) is 0 Å². The molecule has 0 spiro atoms. The topological polar surface area (TPSA) is 95.6 Å². The average Bonchev–Trinajstić information content (AvgIpc) is 2.75. The molecule has 0 heterocycles. The molecule has 3 rings (SSSR count). The van der Waals surface area contributed by atoms with E-state index < -0.39 is 21.7 Å². The molecule has 0 aliphatic heterocycles. The second kappa shape index (κ2) is 9.61. The van der Waals surface area contributed by atoms with Gasteiger partial charge in [-0.2, -0.15) is 0 Å². The van der Waals surface area contributed by atoms with Gasteiger partial charge in [-0.25, -0.2) is 12.8 Å². The predicted octanol–water partition coefficient (Wildman–Crippen LogP) is 3.86. The van der Waals surface area contributed by atoms with E-state index in [-0.39, 0.29) is 22.1 Å². The van der Waals surface area contributed by atoms with Crippen LogP contribution in [-0.4, -0.2) is 32.2 Å². The van der Waals surface area contributed by atoms with Crippen LogP contribution in [0.15, 0.2) is 77.7 Å². The van der Waals surface area contributed by atoms with Crippen LogP contribution in [0.2, 0.25) is 0 Å². The molecular formula is C23H22FN3O4S. The fourth-order valence-corrected chi connectivity index (χ4v) is 3.98. The Hall–Kier alpha value is -3.72. The SMILES string of the molecule is CC(=O)N(C)Cc1cccc(NC(=O)c2cccc(S(=O)(=O)Nc3ccc(F)cc3)c2)c1. The zero-order chi connectivity index (χ0) is 23.3. The number of halogens is 1. The van der Waals surface area contributed by atoms with Crippen LogP contribution in [0.25, 0.3) is 0 Å². The smallest absolute Gasteiger partial charge is 0.261 e. The van der Waals surface area contributed by atoms with Gasteiger partial charge in [-0.3, -0.25) is 14.3 Å². The third kappa shape index (κ3) is 5.92. The first-order chi connectivity index (χ1) is 15.1. The highest BCUT2D eigenvalue weighted by atomic mass is 32.2. The summed E-state index contributed by atoms with van der Waals surface area (Å²) in [5, 5.41) is 2.74. The van der Waals surface area contributed by atoms with Crippen LogP contribution < -0.4 is 10.0 Å². The normalized spacial score (nSPS) is 11.0. The van der Waals surface area contributed by atoms with Crippen molar-refractivity contribution in [1.82, 2.24) is 4.90 Å². The lowest BCUT2D eigenvalue weighted by molar-refractivity contribution is -0.128. The number of rotatable bonds is 7. The Morgan fingerprint density at radius 3 is 2.31 bits per heavy atom. The van der Waals surface area contributed by atoms with E-state index >= 15 is 0 Å². The molecule has 0 aromatic heterocycles. The van der Waals surface area contributed by atoms with Gasteiger partial charge in [0.05, 0.1) is 4.90 Å². The largest absolute Gasteiger partial charge is 0.342 e. The highest BCUT2D eigenvalue weighted by Gasteiger charge is 2.17. The Morgan fingerprint density at radius 2 is 1.62 bits per heavy atom. The number of nitrogens with one attached hydrogen (secondary N) is 2. The Labute approximate surface area is 185 Å². The Balaban J connectivity index is 1.75. The molecule has 2 N–H and O–H groups in total. The maximum absolute atomic E-state index is 13.0. The van der Waals surface area contributed by atoms with Crippen LogP contribution in [0.4, 0.5) is 15.8 Å². The lowest BCUT2D eigenvalue weighted by atomic mass is 10.1. The summed E-state index contributed by atoms with van der Waals surface area (Å²) >= 11 is 0. The number of benzene rings is 3. The van der Waals surface area contributed by atoms with Crippen LogP contribution in [0.3, 0.4) is 0 Å². The zero-order valence-electron chi connectivity index (χ0n) is 17.5. The molecule has 3 aromatic rings. The Morgan fingerprint density at radius 1 is 0.938 bits per heavy atom. The van der Waals surface area contributed by atoms with E-state index in [0.29, 0.717) is 12.2 Å². The molecule has 0 radical (unpaired) electrons. The van der Waals surface area contributed by atoms with Gasteiger partial charge < -0.3 is 10.2 Å². The van der Waals surface area contributed by atoms with Crippen molar-refractivity contribution in [3.63, 3.8) is 0 Å².